The molecule has 0 radical (unpaired) electrons. The van der Waals surface area contributed by atoms with Gasteiger partial charge in [-0.25, -0.2) is 9.97 Å². The third kappa shape index (κ3) is 3.60. The minimum absolute atomic E-state index is 0.172. The fourth-order valence-electron chi connectivity index (χ4n) is 2.38. The van der Waals surface area contributed by atoms with E-state index in [1.807, 2.05) is 0 Å². The van der Waals surface area contributed by atoms with Crippen molar-refractivity contribution in [2.45, 2.75) is 24.9 Å². The van der Waals surface area contributed by atoms with E-state index in [1.165, 1.54) is 4.90 Å². The first-order valence-electron chi connectivity index (χ1n) is 6.41. The van der Waals surface area contributed by atoms with Crippen LogP contribution in [-0.4, -0.2) is 45.6 Å². The largest absolute Gasteiger partial charge is 0.433 e. The van der Waals surface area contributed by atoms with E-state index in [1.54, 1.807) is 0 Å². The molecule has 116 valence electrons. The quantitative estimate of drug-likeness (QED) is 0.842. The lowest BCUT2D eigenvalue weighted by Crippen LogP contribution is -2.40. The molecule has 1 aromatic heterocycles. The van der Waals surface area contributed by atoms with Crippen LogP contribution in [0.5, 0.6) is 0 Å². The molecule has 21 heavy (non-hydrogen) atoms. The minimum Gasteiger partial charge on any atom is -0.387 e. The van der Waals surface area contributed by atoms with E-state index in [9.17, 15) is 18.0 Å². The van der Waals surface area contributed by atoms with Crippen LogP contribution in [0.2, 0.25) is 0 Å². The van der Waals surface area contributed by atoms with Crippen molar-refractivity contribution >= 4 is 11.9 Å². The van der Waals surface area contributed by atoms with Crippen molar-refractivity contribution in [2.24, 2.45) is 0 Å². The number of piperidine rings is 1. The molecule has 0 unspecified atom stereocenters. The number of anilines is 1. The second kappa shape index (κ2) is 5.84. The summed E-state index contributed by atoms with van der Waals surface area (Å²) in [6, 6.07) is 0.869. The van der Waals surface area contributed by atoms with E-state index >= 15 is 0 Å². The molecule has 1 fully saturated rings. The number of amides is 1. The van der Waals surface area contributed by atoms with Gasteiger partial charge in [0.25, 0.3) is 0 Å². The molecule has 9 heteroatoms. The number of hydrogen-bond acceptors (Lipinski definition) is 5. The van der Waals surface area contributed by atoms with Crippen molar-refractivity contribution in [1.82, 2.24) is 14.9 Å². The number of aliphatic hydroxyl groups is 1. The SMILES string of the molecule is Nc1nc([C@H]2CCCN(C(=O)CO)C2)cc(C(F)(F)F)n1. The van der Waals surface area contributed by atoms with Crippen LogP contribution in [0.15, 0.2) is 6.07 Å². The molecular weight excluding hydrogens is 289 g/mol. The first-order chi connectivity index (χ1) is 9.81. The summed E-state index contributed by atoms with van der Waals surface area (Å²) in [5.41, 5.74) is 4.42. The van der Waals surface area contributed by atoms with Crippen molar-refractivity contribution in [3.8, 4) is 0 Å². The number of hydrogen-bond donors (Lipinski definition) is 2. The Labute approximate surface area is 118 Å². The van der Waals surface area contributed by atoms with E-state index in [2.05, 4.69) is 9.97 Å². The Balaban J connectivity index is 2.25. The Hall–Kier alpha value is -1.90. The molecule has 0 bridgehead atoms. The van der Waals surface area contributed by atoms with Crippen LogP contribution >= 0.6 is 0 Å². The highest BCUT2D eigenvalue weighted by Crippen LogP contribution is 2.32. The van der Waals surface area contributed by atoms with Crippen LogP contribution in [0, 0.1) is 0 Å². The summed E-state index contributed by atoms with van der Waals surface area (Å²) in [4.78, 5) is 19.9. The molecule has 1 saturated heterocycles. The maximum Gasteiger partial charge on any atom is 0.433 e. The summed E-state index contributed by atoms with van der Waals surface area (Å²) >= 11 is 0. The highest BCUT2D eigenvalue weighted by atomic mass is 19.4. The molecule has 0 aromatic carbocycles. The number of carbonyl (C=O) groups is 1. The van der Waals surface area contributed by atoms with Gasteiger partial charge in [0.1, 0.15) is 12.3 Å². The van der Waals surface area contributed by atoms with Gasteiger partial charge >= 0.3 is 6.18 Å². The Morgan fingerprint density at radius 2 is 2.19 bits per heavy atom. The van der Waals surface area contributed by atoms with Crippen molar-refractivity contribution in [3.63, 3.8) is 0 Å². The standard InChI is InChI=1S/C12H15F3N4O2/c13-12(14,15)9-4-8(17-11(16)18-9)7-2-1-3-19(5-7)10(21)6-20/h4,7,20H,1-3,5-6H2,(H2,16,17,18)/t7-/m0/s1. The van der Waals surface area contributed by atoms with Gasteiger partial charge in [0.05, 0.1) is 5.69 Å². The van der Waals surface area contributed by atoms with Crippen LogP contribution in [-0.2, 0) is 11.0 Å². The molecule has 0 aliphatic carbocycles. The lowest BCUT2D eigenvalue weighted by atomic mass is 9.94. The second-order valence-electron chi connectivity index (χ2n) is 4.87. The molecule has 1 aliphatic rings. The van der Waals surface area contributed by atoms with Gasteiger partial charge in [-0.3, -0.25) is 4.79 Å². The van der Waals surface area contributed by atoms with E-state index in [0.717, 1.165) is 6.07 Å². The van der Waals surface area contributed by atoms with Gasteiger partial charge in [-0.15, -0.1) is 0 Å². The molecule has 2 heterocycles. The Kier molecular flexibility index (Phi) is 4.31. The molecule has 0 spiro atoms. The van der Waals surface area contributed by atoms with Crippen molar-refractivity contribution in [3.05, 3.63) is 17.5 Å². The number of nitrogens with zero attached hydrogens (tertiary/aromatic N) is 3. The van der Waals surface area contributed by atoms with Gasteiger partial charge in [0, 0.05) is 19.0 Å². The van der Waals surface area contributed by atoms with Crippen molar-refractivity contribution < 1.29 is 23.1 Å². The van der Waals surface area contributed by atoms with Gasteiger partial charge in [0.2, 0.25) is 11.9 Å². The molecule has 2 rings (SSSR count). The number of nitrogens with two attached hydrogens (primary N) is 1. The van der Waals surface area contributed by atoms with E-state index in [0.29, 0.717) is 19.4 Å². The average Bonchev–Trinajstić information content (AvgIpc) is 2.45. The van der Waals surface area contributed by atoms with Gasteiger partial charge < -0.3 is 15.7 Å². The number of likely N-dealkylation sites (tertiary alicyclic amines) is 1. The number of aliphatic hydroxyl groups excluding tert-OH is 1. The zero-order valence-corrected chi connectivity index (χ0v) is 11.1. The third-order valence-electron chi connectivity index (χ3n) is 3.38. The summed E-state index contributed by atoms with van der Waals surface area (Å²) in [5, 5.41) is 8.85. The number of aromatic nitrogens is 2. The topological polar surface area (TPSA) is 92.3 Å². The summed E-state index contributed by atoms with van der Waals surface area (Å²) in [7, 11) is 0. The molecular formula is C12H15F3N4O2. The number of halogens is 3. The van der Waals surface area contributed by atoms with Gasteiger partial charge in [-0.1, -0.05) is 0 Å². The van der Waals surface area contributed by atoms with Crippen LogP contribution in [0.1, 0.15) is 30.1 Å². The van der Waals surface area contributed by atoms with E-state index in [-0.39, 0.29) is 18.2 Å². The minimum atomic E-state index is -4.60. The number of nitrogen functional groups attached to an aromatic ring is 1. The van der Waals surface area contributed by atoms with Crippen LogP contribution in [0.25, 0.3) is 0 Å². The summed E-state index contributed by atoms with van der Waals surface area (Å²) in [5.74, 6) is -1.23. The smallest absolute Gasteiger partial charge is 0.387 e. The number of alkyl halides is 3. The monoisotopic (exact) mass is 304 g/mol. The van der Waals surface area contributed by atoms with Crippen LogP contribution in [0.3, 0.4) is 0 Å². The molecule has 1 aromatic rings. The highest BCUT2D eigenvalue weighted by Gasteiger charge is 2.35. The molecule has 1 amide bonds. The van der Waals surface area contributed by atoms with E-state index in [4.69, 9.17) is 10.8 Å². The van der Waals surface area contributed by atoms with Gasteiger partial charge in [-0.2, -0.15) is 13.2 Å². The Morgan fingerprint density at radius 3 is 2.81 bits per heavy atom. The molecule has 1 aliphatic heterocycles. The fourth-order valence-corrected chi connectivity index (χ4v) is 2.38. The predicted octanol–water partition coefficient (Wildman–Crippen LogP) is 0.776. The molecule has 0 saturated carbocycles. The van der Waals surface area contributed by atoms with Gasteiger partial charge in [0.15, 0.2) is 0 Å². The molecule has 3 N–H and O–H groups in total. The zero-order valence-electron chi connectivity index (χ0n) is 11.1. The summed E-state index contributed by atoms with van der Waals surface area (Å²) in [6.07, 6.45) is -3.37. The molecule has 6 nitrogen and oxygen atoms in total. The average molecular weight is 304 g/mol. The fraction of sp³-hybridized carbons (Fsp3) is 0.583. The van der Waals surface area contributed by atoms with Crippen LogP contribution < -0.4 is 5.73 Å². The zero-order chi connectivity index (χ0) is 15.6. The highest BCUT2D eigenvalue weighted by molar-refractivity contribution is 5.77. The third-order valence-corrected chi connectivity index (χ3v) is 3.38. The summed E-state index contributed by atoms with van der Waals surface area (Å²) in [6.45, 7) is 0.0716. The number of rotatable bonds is 2. The summed E-state index contributed by atoms with van der Waals surface area (Å²) < 4.78 is 38.2. The lowest BCUT2D eigenvalue weighted by Gasteiger charge is -2.32. The maximum atomic E-state index is 12.7. The van der Waals surface area contributed by atoms with Crippen LogP contribution in [0.4, 0.5) is 19.1 Å². The van der Waals surface area contributed by atoms with Gasteiger partial charge in [-0.05, 0) is 18.9 Å². The lowest BCUT2D eigenvalue weighted by molar-refractivity contribution is -0.141. The maximum absolute atomic E-state index is 12.7. The van der Waals surface area contributed by atoms with Crippen molar-refractivity contribution in [1.29, 1.82) is 0 Å². The van der Waals surface area contributed by atoms with Crippen molar-refractivity contribution in [2.75, 3.05) is 25.4 Å². The predicted molar refractivity (Wildman–Crippen MR) is 67.1 cm³/mol. The van der Waals surface area contributed by atoms with E-state index < -0.39 is 30.3 Å². The molecule has 1 atom stereocenters. The first-order valence-corrected chi connectivity index (χ1v) is 6.41. The normalized spacial score (nSPS) is 19.6. The Bertz CT molecular complexity index is 536. The second-order valence-corrected chi connectivity index (χ2v) is 4.87. The number of carbonyl (C=O) groups excluding carboxylic acids is 1. The first kappa shape index (κ1) is 15.5. The Morgan fingerprint density at radius 1 is 1.48 bits per heavy atom.